The maximum atomic E-state index is 14.0. The number of carbonyl (C=O) groups is 1. The summed E-state index contributed by atoms with van der Waals surface area (Å²) in [6, 6.07) is 6.91. The number of benzene rings is 1. The Morgan fingerprint density at radius 3 is 2.66 bits per heavy atom. The highest BCUT2D eigenvalue weighted by atomic mass is 32.2. The first-order chi connectivity index (χ1) is 13.7. The highest BCUT2D eigenvalue weighted by Crippen LogP contribution is 2.44. The summed E-state index contributed by atoms with van der Waals surface area (Å²) in [4.78, 5) is 12.8. The summed E-state index contributed by atoms with van der Waals surface area (Å²) in [6.45, 7) is 0.767. The second kappa shape index (κ2) is 8.64. The van der Waals surface area contributed by atoms with Gasteiger partial charge in [0.1, 0.15) is 11.6 Å². The number of rotatable bonds is 6. The third-order valence-electron chi connectivity index (χ3n) is 5.85. The molecule has 1 aromatic rings. The molecule has 1 aliphatic carbocycles. The third kappa shape index (κ3) is 4.85. The van der Waals surface area contributed by atoms with Crippen molar-refractivity contribution in [1.82, 2.24) is 9.62 Å². The molecule has 0 aromatic heterocycles. The lowest BCUT2D eigenvalue weighted by molar-refractivity contribution is 0.0777. The van der Waals surface area contributed by atoms with Gasteiger partial charge in [-0.15, -0.1) is 0 Å². The highest BCUT2D eigenvalue weighted by molar-refractivity contribution is 7.86. The number of allylic oxidation sites excluding steroid dienone is 4. The molecular formula is C20H26FN3O4S. The summed E-state index contributed by atoms with van der Waals surface area (Å²) in [6.07, 6.45) is 6.22. The molecule has 1 atom stereocenters. The van der Waals surface area contributed by atoms with Crippen molar-refractivity contribution in [2.45, 2.75) is 19.3 Å². The first kappa shape index (κ1) is 21.5. The van der Waals surface area contributed by atoms with Gasteiger partial charge in [0.05, 0.1) is 12.7 Å². The van der Waals surface area contributed by atoms with Crippen LogP contribution in [0.4, 0.5) is 4.39 Å². The van der Waals surface area contributed by atoms with Crippen LogP contribution in [0.25, 0.3) is 0 Å². The van der Waals surface area contributed by atoms with Gasteiger partial charge in [-0.25, -0.2) is 9.53 Å². The molecule has 1 heterocycles. The fourth-order valence-electron chi connectivity index (χ4n) is 4.11. The Morgan fingerprint density at radius 1 is 1.34 bits per heavy atom. The van der Waals surface area contributed by atoms with Crippen molar-refractivity contribution in [2.24, 2.45) is 16.5 Å². The molecular weight excluding hydrogens is 397 g/mol. The molecule has 9 heteroatoms. The number of hydrogen-bond acceptors (Lipinski definition) is 4. The molecule has 0 spiro atoms. The van der Waals surface area contributed by atoms with Gasteiger partial charge in [0.25, 0.3) is 16.1 Å². The summed E-state index contributed by atoms with van der Waals surface area (Å²) in [5, 5.41) is 8.22. The highest BCUT2D eigenvalue weighted by Gasteiger charge is 2.43. The number of ether oxygens (including phenoxy) is 1. The van der Waals surface area contributed by atoms with Crippen LogP contribution in [0.2, 0.25) is 0 Å². The van der Waals surface area contributed by atoms with E-state index < -0.39 is 15.6 Å². The first-order valence-corrected chi connectivity index (χ1v) is 11.0. The number of carbonyl (C=O) groups excluding carboxylic acids is 1. The molecule has 29 heavy (non-hydrogen) atoms. The second-order valence-electron chi connectivity index (χ2n) is 7.50. The molecule has 3 N–H and O–H groups in total. The number of amides is 1. The van der Waals surface area contributed by atoms with E-state index in [1.54, 1.807) is 30.3 Å². The normalized spacial score (nSPS) is 22.0. The predicted octanol–water partition coefficient (Wildman–Crippen LogP) is 2.14. The van der Waals surface area contributed by atoms with Crippen molar-refractivity contribution in [1.29, 1.82) is 0 Å². The second-order valence-corrected chi connectivity index (χ2v) is 9.04. The summed E-state index contributed by atoms with van der Waals surface area (Å²) < 4.78 is 43.8. The number of nitrogens with one attached hydrogen (secondary N) is 1. The standard InChI is InChI=1S/C20H26FN3O4S/c1-28-18-8-3-2-7-17(18)19(25)23-14-20(15-5-4-6-16(21)13-15)9-11-24(12-10-20)29(22,26)27/h2-8,15H,9-14H2,1H3,(H,23,25)(H2,22,26,27). The molecule has 3 rings (SSSR count). The summed E-state index contributed by atoms with van der Waals surface area (Å²) in [5.41, 5.74) is -0.0570. The summed E-state index contributed by atoms with van der Waals surface area (Å²) >= 11 is 0. The molecule has 0 saturated carbocycles. The van der Waals surface area contributed by atoms with Gasteiger partial charge in [0.15, 0.2) is 0 Å². The Balaban J connectivity index is 1.78. The van der Waals surface area contributed by atoms with Gasteiger partial charge in [0.2, 0.25) is 0 Å². The Kier molecular flexibility index (Phi) is 6.40. The topological polar surface area (TPSA) is 102 Å². The zero-order chi connectivity index (χ0) is 21.1. The van der Waals surface area contributed by atoms with E-state index in [9.17, 15) is 17.6 Å². The smallest absolute Gasteiger partial charge is 0.276 e. The van der Waals surface area contributed by atoms with Crippen LogP contribution in [0.1, 0.15) is 29.6 Å². The number of hydrogen-bond donors (Lipinski definition) is 2. The average Bonchev–Trinajstić information content (AvgIpc) is 2.71. The first-order valence-electron chi connectivity index (χ1n) is 9.47. The average molecular weight is 424 g/mol. The fraction of sp³-hybridized carbons (Fsp3) is 0.450. The van der Waals surface area contributed by atoms with Crippen LogP contribution in [0.15, 0.2) is 48.3 Å². The van der Waals surface area contributed by atoms with Crippen LogP contribution in [-0.2, 0) is 10.2 Å². The van der Waals surface area contributed by atoms with Crippen LogP contribution in [0, 0.1) is 11.3 Å². The van der Waals surface area contributed by atoms with Crippen molar-refractivity contribution in [3.63, 3.8) is 0 Å². The molecule has 1 unspecified atom stereocenters. The molecule has 158 valence electrons. The van der Waals surface area contributed by atoms with Gasteiger partial charge in [-0.2, -0.15) is 12.7 Å². The van der Waals surface area contributed by atoms with Gasteiger partial charge < -0.3 is 10.1 Å². The Morgan fingerprint density at radius 2 is 2.03 bits per heavy atom. The minimum Gasteiger partial charge on any atom is -0.496 e. The van der Waals surface area contributed by atoms with Gasteiger partial charge in [0, 0.05) is 26.1 Å². The number of piperidine rings is 1. The number of methoxy groups -OCH3 is 1. The molecule has 0 bridgehead atoms. The van der Waals surface area contributed by atoms with Crippen molar-refractivity contribution < 1.29 is 22.3 Å². The Labute approximate surface area is 170 Å². The summed E-state index contributed by atoms with van der Waals surface area (Å²) in [7, 11) is -2.28. The fourth-order valence-corrected chi connectivity index (χ4v) is 4.80. The van der Waals surface area contributed by atoms with E-state index in [4.69, 9.17) is 9.88 Å². The lowest BCUT2D eigenvalue weighted by Gasteiger charge is -2.45. The van der Waals surface area contributed by atoms with E-state index in [1.807, 2.05) is 6.08 Å². The zero-order valence-corrected chi connectivity index (χ0v) is 17.1. The van der Waals surface area contributed by atoms with Crippen LogP contribution in [0.3, 0.4) is 0 Å². The monoisotopic (exact) mass is 423 g/mol. The minimum absolute atomic E-state index is 0.145. The quantitative estimate of drug-likeness (QED) is 0.732. The Hall–Kier alpha value is -2.23. The number of halogens is 1. The molecule has 7 nitrogen and oxygen atoms in total. The number of nitrogens with two attached hydrogens (primary N) is 1. The van der Waals surface area contributed by atoms with Crippen LogP contribution >= 0.6 is 0 Å². The maximum absolute atomic E-state index is 14.0. The number of para-hydroxylation sites is 1. The van der Waals surface area contributed by atoms with Crippen molar-refractivity contribution in [3.05, 3.63) is 53.9 Å². The minimum atomic E-state index is -3.77. The van der Waals surface area contributed by atoms with Crippen molar-refractivity contribution in [3.8, 4) is 5.75 Å². The van der Waals surface area contributed by atoms with Crippen LogP contribution in [0.5, 0.6) is 5.75 Å². The van der Waals surface area contributed by atoms with Gasteiger partial charge in [-0.3, -0.25) is 4.79 Å². The van der Waals surface area contributed by atoms with E-state index in [0.29, 0.717) is 30.7 Å². The maximum Gasteiger partial charge on any atom is 0.276 e. The van der Waals surface area contributed by atoms with Gasteiger partial charge in [-0.1, -0.05) is 24.3 Å². The number of nitrogens with zero attached hydrogens (tertiary/aromatic N) is 1. The lowest BCUT2D eigenvalue weighted by atomic mass is 9.66. The molecule has 1 aliphatic heterocycles. The van der Waals surface area contributed by atoms with Crippen molar-refractivity contribution >= 4 is 16.1 Å². The third-order valence-corrected chi connectivity index (χ3v) is 6.94. The van der Waals surface area contributed by atoms with Crippen molar-refractivity contribution in [2.75, 3.05) is 26.7 Å². The van der Waals surface area contributed by atoms with E-state index in [1.165, 1.54) is 17.5 Å². The van der Waals surface area contributed by atoms with Crippen LogP contribution in [-0.4, -0.2) is 45.4 Å². The van der Waals surface area contributed by atoms with E-state index >= 15 is 0 Å². The Bertz CT molecular complexity index is 921. The molecule has 1 saturated heterocycles. The molecule has 2 aliphatic rings. The van der Waals surface area contributed by atoms with E-state index in [-0.39, 0.29) is 37.2 Å². The molecule has 1 fully saturated rings. The van der Waals surface area contributed by atoms with Gasteiger partial charge in [-0.05, 0) is 42.4 Å². The van der Waals surface area contributed by atoms with Crippen LogP contribution < -0.4 is 15.2 Å². The van der Waals surface area contributed by atoms with Gasteiger partial charge >= 0.3 is 0 Å². The molecule has 1 amide bonds. The lowest BCUT2D eigenvalue weighted by Crippen LogP contribution is -2.52. The molecule has 0 radical (unpaired) electrons. The summed E-state index contributed by atoms with van der Waals surface area (Å²) in [5.74, 6) is -0.184. The van der Waals surface area contributed by atoms with E-state index in [0.717, 1.165) is 0 Å². The molecule has 1 aromatic carbocycles. The predicted molar refractivity (Wildman–Crippen MR) is 108 cm³/mol. The largest absolute Gasteiger partial charge is 0.496 e. The SMILES string of the molecule is COc1ccccc1C(=O)NCC1(C2C=CC=C(F)C2)CCN(S(N)(=O)=O)CC1. The zero-order valence-electron chi connectivity index (χ0n) is 16.3. The van der Waals surface area contributed by atoms with E-state index in [2.05, 4.69) is 5.32 Å².